The standard InChI is InChI=1S/C12H19N5/c1-3-17-12(4-5-14-17)9-13-6-7-16-10-11(2)8-15-16/h4-5,8,10,13H,3,6-7,9H2,1-2H3. The van der Waals surface area contributed by atoms with Gasteiger partial charge in [0.2, 0.25) is 0 Å². The zero-order valence-electron chi connectivity index (χ0n) is 10.4. The van der Waals surface area contributed by atoms with Crippen molar-refractivity contribution in [2.45, 2.75) is 33.5 Å². The number of aryl methyl sites for hydroxylation is 2. The maximum absolute atomic E-state index is 4.24. The van der Waals surface area contributed by atoms with Crippen LogP contribution in [0, 0.1) is 6.92 Å². The highest BCUT2D eigenvalue weighted by molar-refractivity contribution is 5.00. The number of aromatic nitrogens is 4. The molecule has 0 atom stereocenters. The van der Waals surface area contributed by atoms with E-state index in [0.717, 1.165) is 26.2 Å². The molecule has 0 aromatic carbocycles. The highest BCUT2D eigenvalue weighted by atomic mass is 15.3. The van der Waals surface area contributed by atoms with Crippen LogP contribution in [-0.4, -0.2) is 26.1 Å². The first-order chi connectivity index (χ1) is 8.29. The Morgan fingerprint density at radius 3 is 2.94 bits per heavy atom. The van der Waals surface area contributed by atoms with Crippen molar-refractivity contribution in [2.24, 2.45) is 0 Å². The van der Waals surface area contributed by atoms with Gasteiger partial charge in [-0.2, -0.15) is 10.2 Å². The molecule has 0 bridgehead atoms. The normalized spacial score (nSPS) is 10.9. The third-order valence-corrected chi connectivity index (χ3v) is 2.69. The Hall–Kier alpha value is -1.62. The lowest BCUT2D eigenvalue weighted by Crippen LogP contribution is -2.21. The first kappa shape index (κ1) is 11.9. The van der Waals surface area contributed by atoms with Crippen molar-refractivity contribution in [1.29, 1.82) is 0 Å². The van der Waals surface area contributed by atoms with Crippen molar-refractivity contribution in [3.05, 3.63) is 35.9 Å². The molecule has 2 aromatic rings. The molecule has 0 fully saturated rings. The van der Waals surface area contributed by atoms with E-state index in [9.17, 15) is 0 Å². The van der Waals surface area contributed by atoms with Crippen LogP contribution in [-0.2, 0) is 19.6 Å². The number of nitrogens with zero attached hydrogens (tertiary/aromatic N) is 4. The summed E-state index contributed by atoms with van der Waals surface area (Å²) < 4.78 is 3.96. The van der Waals surface area contributed by atoms with Crippen LogP contribution >= 0.6 is 0 Å². The minimum absolute atomic E-state index is 0.855. The Labute approximate surface area is 101 Å². The molecular weight excluding hydrogens is 214 g/mol. The molecular formula is C12H19N5. The summed E-state index contributed by atoms with van der Waals surface area (Å²) >= 11 is 0. The summed E-state index contributed by atoms with van der Waals surface area (Å²) in [4.78, 5) is 0. The van der Waals surface area contributed by atoms with E-state index in [-0.39, 0.29) is 0 Å². The lowest BCUT2D eigenvalue weighted by molar-refractivity contribution is 0.531. The molecule has 92 valence electrons. The lowest BCUT2D eigenvalue weighted by atomic mass is 10.4. The second kappa shape index (κ2) is 5.63. The predicted molar refractivity (Wildman–Crippen MR) is 66.6 cm³/mol. The van der Waals surface area contributed by atoms with Gasteiger partial charge < -0.3 is 5.32 Å². The average Bonchev–Trinajstić information content (AvgIpc) is 2.93. The fourth-order valence-electron chi connectivity index (χ4n) is 1.79. The third kappa shape index (κ3) is 3.17. The minimum Gasteiger partial charge on any atom is -0.309 e. The third-order valence-electron chi connectivity index (χ3n) is 2.69. The summed E-state index contributed by atoms with van der Waals surface area (Å²) in [5.41, 5.74) is 2.43. The van der Waals surface area contributed by atoms with Crippen LogP contribution in [0.1, 0.15) is 18.2 Å². The molecule has 0 aliphatic rings. The van der Waals surface area contributed by atoms with Crippen LogP contribution in [0.25, 0.3) is 0 Å². The summed E-state index contributed by atoms with van der Waals surface area (Å²) in [7, 11) is 0. The molecule has 0 aliphatic heterocycles. The molecule has 5 nitrogen and oxygen atoms in total. The summed E-state index contributed by atoms with van der Waals surface area (Å²) in [6.45, 7) is 7.74. The molecule has 5 heteroatoms. The van der Waals surface area contributed by atoms with Crippen molar-refractivity contribution in [3.8, 4) is 0 Å². The first-order valence-electron chi connectivity index (χ1n) is 6.00. The zero-order chi connectivity index (χ0) is 12.1. The lowest BCUT2D eigenvalue weighted by Gasteiger charge is -2.06. The molecule has 0 saturated carbocycles. The van der Waals surface area contributed by atoms with Crippen LogP contribution in [0.3, 0.4) is 0 Å². The number of rotatable bonds is 6. The molecule has 17 heavy (non-hydrogen) atoms. The average molecular weight is 233 g/mol. The second-order valence-corrected chi connectivity index (χ2v) is 4.10. The van der Waals surface area contributed by atoms with Crippen LogP contribution < -0.4 is 5.32 Å². The van der Waals surface area contributed by atoms with Gasteiger partial charge in [-0.3, -0.25) is 9.36 Å². The quantitative estimate of drug-likeness (QED) is 0.763. The Bertz CT molecular complexity index is 457. The van der Waals surface area contributed by atoms with E-state index in [1.165, 1.54) is 11.3 Å². The van der Waals surface area contributed by atoms with Gasteiger partial charge in [-0.25, -0.2) is 0 Å². The van der Waals surface area contributed by atoms with Crippen LogP contribution in [0.5, 0.6) is 0 Å². The molecule has 2 aromatic heterocycles. The van der Waals surface area contributed by atoms with Crippen LogP contribution in [0.15, 0.2) is 24.7 Å². The highest BCUT2D eigenvalue weighted by Gasteiger charge is 1.99. The Morgan fingerprint density at radius 2 is 2.24 bits per heavy atom. The van der Waals surface area contributed by atoms with Gasteiger partial charge in [0.25, 0.3) is 0 Å². The van der Waals surface area contributed by atoms with Crippen LogP contribution in [0.4, 0.5) is 0 Å². The Balaban J connectivity index is 1.73. The van der Waals surface area contributed by atoms with Gasteiger partial charge >= 0.3 is 0 Å². The predicted octanol–water partition coefficient (Wildman–Crippen LogP) is 1.20. The van der Waals surface area contributed by atoms with E-state index in [0.29, 0.717) is 0 Å². The first-order valence-corrected chi connectivity index (χ1v) is 6.00. The monoisotopic (exact) mass is 233 g/mol. The molecule has 2 heterocycles. The van der Waals surface area contributed by atoms with Gasteiger partial charge in [0, 0.05) is 32.0 Å². The van der Waals surface area contributed by atoms with Crippen LogP contribution in [0.2, 0.25) is 0 Å². The molecule has 1 N–H and O–H groups in total. The summed E-state index contributed by atoms with van der Waals surface area (Å²) in [5, 5.41) is 11.9. The molecule has 0 unspecified atom stereocenters. The maximum Gasteiger partial charge on any atom is 0.0534 e. The zero-order valence-corrected chi connectivity index (χ0v) is 10.4. The van der Waals surface area contributed by atoms with E-state index >= 15 is 0 Å². The summed E-state index contributed by atoms with van der Waals surface area (Å²) in [6.07, 6.45) is 5.78. The summed E-state index contributed by atoms with van der Waals surface area (Å²) in [5.74, 6) is 0. The fraction of sp³-hybridized carbons (Fsp3) is 0.500. The van der Waals surface area contributed by atoms with E-state index in [2.05, 4.69) is 41.6 Å². The van der Waals surface area contributed by atoms with Crippen molar-refractivity contribution in [3.63, 3.8) is 0 Å². The molecule has 2 rings (SSSR count). The van der Waals surface area contributed by atoms with Crippen molar-refractivity contribution >= 4 is 0 Å². The number of hydrogen-bond acceptors (Lipinski definition) is 3. The van der Waals surface area contributed by atoms with E-state index < -0.39 is 0 Å². The molecule has 0 radical (unpaired) electrons. The van der Waals surface area contributed by atoms with Gasteiger partial charge in [0.15, 0.2) is 0 Å². The Kier molecular flexibility index (Phi) is 3.93. The SMILES string of the molecule is CCn1nccc1CNCCn1cc(C)cn1. The smallest absolute Gasteiger partial charge is 0.0534 e. The van der Waals surface area contributed by atoms with E-state index in [4.69, 9.17) is 0 Å². The molecule has 0 spiro atoms. The molecule has 0 amide bonds. The maximum atomic E-state index is 4.24. The van der Waals surface area contributed by atoms with Gasteiger partial charge in [0.05, 0.1) is 18.4 Å². The number of nitrogens with one attached hydrogen (secondary N) is 1. The fourth-order valence-corrected chi connectivity index (χ4v) is 1.79. The topological polar surface area (TPSA) is 47.7 Å². The van der Waals surface area contributed by atoms with Crippen molar-refractivity contribution < 1.29 is 0 Å². The van der Waals surface area contributed by atoms with Crippen molar-refractivity contribution in [2.75, 3.05) is 6.54 Å². The summed E-state index contributed by atoms with van der Waals surface area (Å²) in [6, 6.07) is 2.05. The van der Waals surface area contributed by atoms with Gasteiger partial charge in [-0.1, -0.05) is 0 Å². The van der Waals surface area contributed by atoms with E-state index in [1.807, 2.05) is 21.8 Å². The molecule has 0 saturated heterocycles. The van der Waals surface area contributed by atoms with Gasteiger partial charge in [-0.15, -0.1) is 0 Å². The minimum atomic E-state index is 0.855. The number of hydrogen-bond donors (Lipinski definition) is 1. The molecule has 0 aliphatic carbocycles. The van der Waals surface area contributed by atoms with Crippen molar-refractivity contribution in [1.82, 2.24) is 24.9 Å². The highest BCUT2D eigenvalue weighted by Crippen LogP contribution is 1.98. The van der Waals surface area contributed by atoms with Gasteiger partial charge in [-0.05, 0) is 25.5 Å². The van der Waals surface area contributed by atoms with E-state index in [1.54, 1.807) is 0 Å². The van der Waals surface area contributed by atoms with Gasteiger partial charge in [0.1, 0.15) is 0 Å². The largest absolute Gasteiger partial charge is 0.309 e. The Morgan fingerprint density at radius 1 is 1.35 bits per heavy atom. The second-order valence-electron chi connectivity index (χ2n) is 4.10.